The highest BCUT2D eigenvalue weighted by Gasteiger charge is 2.40. The van der Waals surface area contributed by atoms with Crippen LogP contribution < -0.4 is 0 Å². The van der Waals surface area contributed by atoms with Gasteiger partial charge in [0.2, 0.25) is 0 Å². The highest BCUT2D eigenvalue weighted by atomic mass is 19.1. The second kappa shape index (κ2) is 3.40. The van der Waals surface area contributed by atoms with Gasteiger partial charge >= 0.3 is 0 Å². The van der Waals surface area contributed by atoms with E-state index in [1.165, 1.54) is 6.07 Å². The lowest BCUT2D eigenvalue weighted by Crippen LogP contribution is -2.23. The Hall–Kier alpha value is -1.68. The van der Waals surface area contributed by atoms with E-state index in [-0.39, 0.29) is 5.82 Å². The van der Waals surface area contributed by atoms with Crippen molar-refractivity contribution < 1.29 is 9.50 Å². The fourth-order valence-electron chi connectivity index (χ4n) is 2.58. The molecule has 1 aromatic carbocycles. The van der Waals surface area contributed by atoms with Crippen LogP contribution in [0.4, 0.5) is 4.39 Å². The molecule has 0 aliphatic heterocycles. The molecule has 2 aromatic rings. The summed E-state index contributed by atoms with van der Waals surface area (Å²) in [5, 5.41) is 14.8. The monoisotopic (exact) mass is 232 g/mol. The number of halogens is 1. The number of benzene rings is 1. The van der Waals surface area contributed by atoms with E-state index in [0.717, 1.165) is 5.56 Å². The zero-order valence-electron chi connectivity index (χ0n) is 9.52. The summed E-state index contributed by atoms with van der Waals surface area (Å²) in [5.41, 5.74) is 0.930. The van der Waals surface area contributed by atoms with Gasteiger partial charge in [0, 0.05) is 18.8 Å². The molecule has 4 heteroatoms. The maximum Gasteiger partial charge on any atom is 0.126 e. The summed E-state index contributed by atoms with van der Waals surface area (Å²) >= 11 is 0. The van der Waals surface area contributed by atoms with Crippen molar-refractivity contribution >= 4 is 0 Å². The Kier molecular flexibility index (Phi) is 2.10. The van der Waals surface area contributed by atoms with Gasteiger partial charge in [-0.3, -0.25) is 4.68 Å². The summed E-state index contributed by atoms with van der Waals surface area (Å²) < 4.78 is 15.3. The molecule has 1 heterocycles. The van der Waals surface area contributed by atoms with Gasteiger partial charge < -0.3 is 5.11 Å². The van der Waals surface area contributed by atoms with Gasteiger partial charge in [0.15, 0.2) is 0 Å². The Morgan fingerprint density at radius 3 is 3.00 bits per heavy atom. The molecule has 0 radical (unpaired) electrons. The van der Waals surface area contributed by atoms with E-state index in [4.69, 9.17) is 0 Å². The normalized spacial score (nSPS) is 22.8. The number of aryl methyl sites for hydroxylation is 1. The van der Waals surface area contributed by atoms with Crippen LogP contribution >= 0.6 is 0 Å². The van der Waals surface area contributed by atoms with E-state index in [0.29, 0.717) is 24.0 Å². The van der Waals surface area contributed by atoms with Crippen molar-refractivity contribution in [2.24, 2.45) is 7.05 Å². The van der Waals surface area contributed by atoms with Gasteiger partial charge in [-0.1, -0.05) is 12.1 Å². The minimum Gasteiger partial charge on any atom is -0.380 e. The maximum atomic E-state index is 13.6. The molecular formula is C13H13FN2O. The predicted octanol–water partition coefficient (Wildman–Crippen LogP) is 1.74. The molecule has 1 unspecified atom stereocenters. The van der Waals surface area contributed by atoms with Gasteiger partial charge in [0.25, 0.3) is 0 Å². The smallest absolute Gasteiger partial charge is 0.126 e. The quantitative estimate of drug-likeness (QED) is 0.813. The van der Waals surface area contributed by atoms with Crippen molar-refractivity contribution in [2.75, 3.05) is 0 Å². The number of hydrogen-bond donors (Lipinski definition) is 1. The lowest BCUT2D eigenvalue weighted by Gasteiger charge is -2.22. The van der Waals surface area contributed by atoms with Crippen molar-refractivity contribution in [1.29, 1.82) is 0 Å². The average Bonchev–Trinajstić information content (AvgIpc) is 2.86. The van der Waals surface area contributed by atoms with Crippen LogP contribution in [0.2, 0.25) is 0 Å². The van der Waals surface area contributed by atoms with Crippen molar-refractivity contribution in [3.63, 3.8) is 0 Å². The third-order valence-electron chi connectivity index (χ3n) is 3.48. The number of nitrogens with zero attached hydrogens (tertiary/aromatic N) is 2. The Labute approximate surface area is 98.5 Å². The summed E-state index contributed by atoms with van der Waals surface area (Å²) in [5.74, 6) is -0.234. The van der Waals surface area contributed by atoms with Crippen molar-refractivity contribution in [3.8, 4) is 0 Å². The molecular weight excluding hydrogens is 219 g/mol. The molecule has 1 aliphatic rings. The summed E-state index contributed by atoms with van der Waals surface area (Å²) in [7, 11) is 1.80. The van der Waals surface area contributed by atoms with E-state index in [9.17, 15) is 9.50 Å². The fraction of sp³-hybridized carbons (Fsp3) is 0.308. The number of hydrogen-bond acceptors (Lipinski definition) is 2. The lowest BCUT2D eigenvalue weighted by molar-refractivity contribution is 0.0828. The van der Waals surface area contributed by atoms with Gasteiger partial charge in [-0.05, 0) is 30.0 Å². The average molecular weight is 232 g/mol. The van der Waals surface area contributed by atoms with Crippen molar-refractivity contribution in [1.82, 2.24) is 9.78 Å². The van der Waals surface area contributed by atoms with Gasteiger partial charge in [0.05, 0.1) is 6.20 Å². The van der Waals surface area contributed by atoms with Gasteiger partial charge in [-0.2, -0.15) is 5.10 Å². The Morgan fingerprint density at radius 2 is 2.29 bits per heavy atom. The fourth-order valence-corrected chi connectivity index (χ4v) is 2.58. The minimum atomic E-state index is -1.09. The Balaban J connectivity index is 2.17. The largest absolute Gasteiger partial charge is 0.380 e. The first-order chi connectivity index (χ1) is 8.11. The molecule has 17 heavy (non-hydrogen) atoms. The molecule has 88 valence electrons. The molecule has 0 saturated carbocycles. The first kappa shape index (κ1) is 10.5. The maximum absolute atomic E-state index is 13.6. The molecule has 3 rings (SSSR count). The van der Waals surface area contributed by atoms with Gasteiger partial charge in [-0.25, -0.2) is 4.39 Å². The predicted molar refractivity (Wildman–Crippen MR) is 60.9 cm³/mol. The van der Waals surface area contributed by atoms with E-state index in [1.807, 2.05) is 0 Å². The first-order valence-corrected chi connectivity index (χ1v) is 5.60. The highest BCUT2D eigenvalue weighted by Crippen LogP contribution is 2.42. The SMILES string of the molecule is Cn1cc(C2(O)CCc3c(F)cccc32)cn1. The molecule has 1 aromatic heterocycles. The minimum absolute atomic E-state index is 0.234. The molecule has 0 bridgehead atoms. The summed E-state index contributed by atoms with van der Waals surface area (Å²) in [6.07, 6.45) is 4.49. The van der Waals surface area contributed by atoms with Crippen LogP contribution in [0.1, 0.15) is 23.1 Å². The second-order valence-electron chi connectivity index (χ2n) is 4.53. The molecule has 0 fully saturated rings. The van der Waals surface area contributed by atoms with Crippen LogP contribution in [0.25, 0.3) is 0 Å². The standard InChI is InChI=1S/C13H13FN2O/c1-16-8-9(7-15-16)13(17)6-5-10-11(13)3-2-4-12(10)14/h2-4,7-8,17H,5-6H2,1H3. The van der Waals surface area contributed by atoms with E-state index in [2.05, 4.69) is 5.10 Å². The Bertz CT molecular complexity index is 579. The van der Waals surface area contributed by atoms with Crippen LogP contribution in [0.5, 0.6) is 0 Å². The zero-order valence-corrected chi connectivity index (χ0v) is 9.52. The summed E-state index contributed by atoms with van der Waals surface area (Å²) in [6, 6.07) is 4.87. The highest BCUT2D eigenvalue weighted by molar-refractivity contribution is 5.44. The second-order valence-corrected chi connectivity index (χ2v) is 4.53. The number of rotatable bonds is 1. The third-order valence-corrected chi connectivity index (χ3v) is 3.48. The number of aliphatic hydroxyl groups is 1. The summed E-state index contributed by atoms with van der Waals surface area (Å²) in [6.45, 7) is 0. The first-order valence-electron chi connectivity index (χ1n) is 5.60. The molecule has 3 nitrogen and oxygen atoms in total. The van der Waals surface area contributed by atoms with Crippen LogP contribution in [-0.2, 0) is 19.1 Å². The van der Waals surface area contributed by atoms with Crippen LogP contribution in [-0.4, -0.2) is 14.9 Å². The van der Waals surface area contributed by atoms with Crippen LogP contribution in [0, 0.1) is 5.82 Å². The van der Waals surface area contributed by atoms with E-state index < -0.39 is 5.60 Å². The van der Waals surface area contributed by atoms with Crippen LogP contribution in [0.3, 0.4) is 0 Å². The topological polar surface area (TPSA) is 38.0 Å². The zero-order chi connectivity index (χ0) is 12.0. The van der Waals surface area contributed by atoms with E-state index >= 15 is 0 Å². The van der Waals surface area contributed by atoms with Gasteiger partial charge in [-0.15, -0.1) is 0 Å². The summed E-state index contributed by atoms with van der Waals surface area (Å²) in [4.78, 5) is 0. The Morgan fingerprint density at radius 1 is 1.47 bits per heavy atom. The lowest BCUT2D eigenvalue weighted by atomic mass is 9.90. The van der Waals surface area contributed by atoms with Crippen molar-refractivity contribution in [3.05, 3.63) is 53.1 Å². The van der Waals surface area contributed by atoms with Gasteiger partial charge in [0.1, 0.15) is 11.4 Å². The molecule has 1 N–H and O–H groups in total. The molecule has 0 saturated heterocycles. The number of fused-ring (bicyclic) bond motifs is 1. The molecule has 1 aliphatic carbocycles. The van der Waals surface area contributed by atoms with E-state index in [1.54, 1.807) is 36.3 Å². The molecule has 0 spiro atoms. The van der Waals surface area contributed by atoms with Crippen LogP contribution in [0.15, 0.2) is 30.6 Å². The van der Waals surface area contributed by atoms with Crippen molar-refractivity contribution in [2.45, 2.75) is 18.4 Å². The third kappa shape index (κ3) is 1.41. The molecule has 0 amide bonds. The number of aromatic nitrogens is 2. The molecule has 1 atom stereocenters.